The SMILES string of the molecule is CCN1C(=O)C(=Cc2ccc(C)o2)SC1=S. The average Bonchev–Trinajstić information content (AvgIpc) is 2.74. The maximum Gasteiger partial charge on any atom is 0.266 e. The number of hydrogen-bond donors (Lipinski definition) is 0. The van der Waals surface area contributed by atoms with Crippen LogP contribution >= 0.6 is 24.0 Å². The summed E-state index contributed by atoms with van der Waals surface area (Å²) in [6.45, 7) is 4.39. The van der Waals surface area contributed by atoms with Crippen molar-refractivity contribution < 1.29 is 9.21 Å². The van der Waals surface area contributed by atoms with Crippen LogP contribution in [0, 0.1) is 6.92 Å². The van der Waals surface area contributed by atoms with Crippen molar-refractivity contribution in [2.24, 2.45) is 0 Å². The summed E-state index contributed by atoms with van der Waals surface area (Å²) in [7, 11) is 0. The van der Waals surface area contributed by atoms with Gasteiger partial charge in [-0.1, -0.05) is 24.0 Å². The number of hydrogen-bond acceptors (Lipinski definition) is 4. The normalized spacial score (nSPS) is 18.9. The average molecular weight is 253 g/mol. The molecule has 0 atom stereocenters. The van der Waals surface area contributed by atoms with Gasteiger partial charge < -0.3 is 4.42 Å². The van der Waals surface area contributed by atoms with Crippen molar-refractivity contribution >= 4 is 40.3 Å². The van der Waals surface area contributed by atoms with Crippen LogP contribution in [0.2, 0.25) is 0 Å². The van der Waals surface area contributed by atoms with Crippen LogP contribution in [0.4, 0.5) is 0 Å². The molecule has 1 aliphatic rings. The van der Waals surface area contributed by atoms with Crippen molar-refractivity contribution in [2.45, 2.75) is 13.8 Å². The lowest BCUT2D eigenvalue weighted by atomic mass is 10.3. The van der Waals surface area contributed by atoms with Crippen molar-refractivity contribution in [1.82, 2.24) is 4.90 Å². The van der Waals surface area contributed by atoms with Crippen LogP contribution in [-0.4, -0.2) is 21.7 Å². The number of thioether (sulfide) groups is 1. The molecule has 1 saturated heterocycles. The number of carbonyl (C=O) groups excluding carboxylic acids is 1. The lowest BCUT2D eigenvalue weighted by molar-refractivity contribution is -0.121. The van der Waals surface area contributed by atoms with Crippen LogP contribution < -0.4 is 0 Å². The molecule has 2 heterocycles. The molecule has 1 amide bonds. The van der Waals surface area contributed by atoms with Crippen LogP contribution in [0.25, 0.3) is 6.08 Å². The molecule has 0 aliphatic carbocycles. The Labute approximate surface area is 103 Å². The Morgan fingerprint density at radius 2 is 2.31 bits per heavy atom. The summed E-state index contributed by atoms with van der Waals surface area (Å²) in [5.41, 5.74) is 0. The molecule has 0 saturated carbocycles. The summed E-state index contributed by atoms with van der Waals surface area (Å²) in [6.07, 6.45) is 1.74. The van der Waals surface area contributed by atoms with Crippen LogP contribution in [0.1, 0.15) is 18.4 Å². The van der Waals surface area contributed by atoms with Gasteiger partial charge in [0.15, 0.2) is 0 Å². The minimum Gasteiger partial charge on any atom is -0.462 e. The lowest BCUT2D eigenvalue weighted by Crippen LogP contribution is -2.27. The van der Waals surface area contributed by atoms with Gasteiger partial charge in [-0.25, -0.2) is 0 Å². The fourth-order valence-corrected chi connectivity index (χ4v) is 2.80. The first-order valence-electron chi connectivity index (χ1n) is 4.93. The third kappa shape index (κ3) is 2.05. The number of nitrogens with zero attached hydrogens (tertiary/aromatic N) is 1. The van der Waals surface area contributed by atoms with Gasteiger partial charge in [0.05, 0.1) is 4.91 Å². The first kappa shape index (κ1) is 11.4. The van der Waals surface area contributed by atoms with E-state index in [1.165, 1.54) is 11.8 Å². The van der Waals surface area contributed by atoms with Gasteiger partial charge in [0.1, 0.15) is 15.8 Å². The maximum absolute atomic E-state index is 11.9. The number of amides is 1. The summed E-state index contributed by atoms with van der Waals surface area (Å²) in [5.74, 6) is 1.48. The van der Waals surface area contributed by atoms with E-state index >= 15 is 0 Å². The highest BCUT2D eigenvalue weighted by atomic mass is 32.2. The highest BCUT2D eigenvalue weighted by Crippen LogP contribution is 2.32. The van der Waals surface area contributed by atoms with E-state index in [4.69, 9.17) is 16.6 Å². The number of aryl methyl sites for hydroxylation is 1. The zero-order valence-electron chi connectivity index (χ0n) is 9.02. The molecule has 0 unspecified atom stereocenters. The molecule has 0 radical (unpaired) electrons. The summed E-state index contributed by atoms with van der Waals surface area (Å²) >= 11 is 6.43. The van der Waals surface area contributed by atoms with Crippen molar-refractivity contribution in [3.05, 3.63) is 28.6 Å². The Kier molecular flexibility index (Phi) is 3.16. The summed E-state index contributed by atoms with van der Waals surface area (Å²) in [5, 5.41) is 0. The molecular formula is C11H11NO2S2. The number of thiocarbonyl (C=S) groups is 1. The summed E-state index contributed by atoms with van der Waals surface area (Å²) < 4.78 is 6.01. The van der Waals surface area contributed by atoms with E-state index in [0.29, 0.717) is 21.5 Å². The second-order valence-electron chi connectivity index (χ2n) is 3.37. The number of carbonyl (C=O) groups is 1. The monoisotopic (exact) mass is 253 g/mol. The topological polar surface area (TPSA) is 33.5 Å². The molecule has 1 aliphatic heterocycles. The van der Waals surface area contributed by atoms with Gasteiger partial charge in [0, 0.05) is 12.6 Å². The molecule has 0 N–H and O–H groups in total. The van der Waals surface area contributed by atoms with Crippen LogP contribution in [-0.2, 0) is 4.79 Å². The first-order chi connectivity index (χ1) is 7.61. The second-order valence-corrected chi connectivity index (χ2v) is 5.05. The Morgan fingerprint density at radius 3 is 2.81 bits per heavy atom. The Hall–Kier alpha value is -1.07. The first-order valence-corrected chi connectivity index (χ1v) is 6.16. The standard InChI is InChI=1S/C11H11NO2S2/c1-3-12-10(13)9(16-11(12)15)6-8-5-4-7(2)14-8/h4-6H,3H2,1-2H3. The molecule has 1 aromatic rings. The van der Waals surface area contributed by atoms with Gasteiger partial charge in [-0.15, -0.1) is 0 Å². The van der Waals surface area contributed by atoms with E-state index in [2.05, 4.69) is 0 Å². The Morgan fingerprint density at radius 1 is 1.56 bits per heavy atom. The lowest BCUT2D eigenvalue weighted by Gasteiger charge is -2.09. The third-order valence-electron chi connectivity index (χ3n) is 2.22. The molecule has 3 nitrogen and oxygen atoms in total. The van der Waals surface area contributed by atoms with Crippen molar-refractivity contribution in [3.63, 3.8) is 0 Å². The van der Waals surface area contributed by atoms with Gasteiger partial charge in [-0.3, -0.25) is 9.69 Å². The van der Waals surface area contributed by atoms with E-state index in [0.717, 1.165) is 5.76 Å². The molecular weight excluding hydrogens is 242 g/mol. The molecule has 5 heteroatoms. The van der Waals surface area contributed by atoms with Gasteiger partial charge >= 0.3 is 0 Å². The van der Waals surface area contributed by atoms with Gasteiger partial charge in [0.2, 0.25) is 0 Å². The smallest absolute Gasteiger partial charge is 0.266 e. The van der Waals surface area contributed by atoms with Crippen molar-refractivity contribution in [1.29, 1.82) is 0 Å². The summed E-state index contributed by atoms with van der Waals surface area (Å²) in [6, 6.07) is 3.71. The molecule has 1 fully saturated rings. The Balaban J connectivity index is 2.27. The minimum atomic E-state index is -0.0356. The second kappa shape index (κ2) is 4.43. The fraction of sp³-hybridized carbons (Fsp3) is 0.273. The van der Waals surface area contributed by atoms with Crippen molar-refractivity contribution in [2.75, 3.05) is 6.54 Å². The molecule has 2 rings (SSSR count). The van der Waals surface area contributed by atoms with E-state index < -0.39 is 0 Å². The van der Waals surface area contributed by atoms with Gasteiger partial charge in [0.25, 0.3) is 5.91 Å². The number of likely N-dealkylation sites (N-methyl/N-ethyl adjacent to an activating group) is 1. The quantitative estimate of drug-likeness (QED) is 0.599. The predicted molar refractivity (Wildman–Crippen MR) is 69.0 cm³/mol. The van der Waals surface area contributed by atoms with Gasteiger partial charge in [-0.05, 0) is 26.0 Å². The molecule has 0 bridgehead atoms. The minimum absolute atomic E-state index is 0.0356. The highest BCUT2D eigenvalue weighted by molar-refractivity contribution is 8.26. The van der Waals surface area contributed by atoms with Crippen LogP contribution in [0.3, 0.4) is 0 Å². The Bertz CT molecular complexity index is 476. The molecule has 16 heavy (non-hydrogen) atoms. The number of rotatable bonds is 2. The highest BCUT2D eigenvalue weighted by Gasteiger charge is 2.30. The van der Waals surface area contributed by atoms with Crippen molar-refractivity contribution in [3.8, 4) is 0 Å². The van der Waals surface area contributed by atoms with E-state index in [-0.39, 0.29) is 5.91 Å². The number of furan rings is 1. The predicted octanol–water partition coefficient (Wildman–Crippen LogP) is 2.81. The van der Waals surface area contributed by atoms with E-state index in [1.807, 2.05) is 26.0 Å². The van der Waals surface area contributed by atoms with E-state index in [1.54, 1.807) is 11.0 Å². The molecule has 0 aromatic carbocycles. The maximum atomic E-state index is 11.9. The van der Waals surface area contributed by atoms with Gasteiger partial charge in [-0.2, -0.15) is 0 Å². The van der Waals surface area contributed by atoms with Crippen LogP contribution in [0.15, 0.2) is 21.5 Å². The third-order valence-corrected chi connectivity index (χ3v) is 3.60. The fourth-order valence-electron chi connectivity index (χ4n) is 1.43. The zero-order valence-corrected chi connectivity index (χ0v) is 10.7. The summed E-state index contributed by atoms with van der Waals surface area (Å²) in [4.78, 5) is 14.1. The molecule has 0 spiro atoms. The van der Waals surface area contributed by atoms with Crippen LogP contribution in [0.5, 0.6) is 0 Å². The largest absolute Gasteiger partial charge is 0.462 e. The molecule has 84 valence electrons. The van der Waals surface area contributed by atoms with E-state index in [9.17, 15) is 4.79 Å². The zero-order chi connectivity index (χ0) is 11.7. The molecule has 1 aromatic heterocycles.